The third-order valence-electron chi connectivity index (χ3n) is 4.07. The van der Waals surface area contributed by atoms with E-state index in [1.807, 2.05) is 55.5 Å². The van der Waals surface area contributed by atoms with Gasteiger partial charge in [-0.2, -0.15) is 0 Å². The molecular formula is C20H28N4O3S. The fraction of sp³-hybridized carbons (Fsp3) is 0.350. The van der Waals surface area contributed by atoms with Crippen LogP contribution >= 0.6 is 0 Å². The molecule has 0 aliphatic rings. The average molecular weight is 405 g/mol. The molecule has 3 N–H and O–H groups in total. The molecule has 0 atom stereocenters. The fourth-order valence-electron chi connectivity index (χ4n) is 2.47. The Kier molecular flexibility index (Phi) is 8.28. The number of methoxy groups -OCH3 is 1. The van der Waals surface area contributed by atoms with Gasteiger partial charge >= 0.3 is 0 Å². The van der Waals surface area contributed by atoms with E-state index in [4.69, 9.17) is 4.74 Å². The van der Waals surface area contributed by atoms with Gasteiger partial charge in [0, 0.05) is 13.1 Å². The highest BCUT2D eigenvalue weighted by atomic mass is 32.2. The van der Waals surface area contributed by atoms with E-state index in [0.717, 1.165) is 34.9 Å². The summed E-state index contributed by atoms with van der Waals surface area (Å²) in [5.74, 6) is 1.52. The van der Waals surface area contributed by atoms with Crippen LogP contribution < -0.4 is 20.1 Å². The van der Waals surface area contributed by atoms with Crippen LogP contribution in [-0.2, 0) is 28.9 Å². The zero-order valence-electron chi connectivity index (χ0n) is 16.5. The number of rotatable bonds is 9. The molecule has 2 rings (SSSR count). The highest BCUT2D eigenvalue weighted by Crippen LogP contribution is 2.12. The van der Waals surface area contributed by atoms with E-state index in [9.17, 15) is 8.42 Å². The van der Waals surface area contributed by atoms with Crippen LogP contribution in [0.3, 0.4) is 0 Å². The summed E-state index contributed by atoms with van der Waals surface area (Å²) in [6.07, 6.45) is 0. The second-order valence-electron chi connectivity index (χ2n) is 6.18. The quantitative estimate of drug-likeness (QED) is 0.439. The molecule has 0 aromatic heterocycles. The second-order valence-corrected chi connectivity index (χ2v) is 8.10. The SMILES string of the molecule is CCNC(=NCc1ccc(OC)cc1)NCc1ccc(CS(=O)(=O)NC)cc1. The average Bonchev–Trinajstić information content (AvgIpc) is 2.71. The number of benzene rings is 2. The minimum atomic E-state index is -3.26. The summed E-state index contributed by atoms with van der Waals surface area (Å²) in [7, 11) is -0.196. The van der Waals surface area contributed by atoms with Gasteiger partial charge in [-0.3, -0.25) is 0 Å². The monoisotopic (exact) mass is 404 g/mol. The summed E-state index contributed by atoms with van der Waals surface area (Å²) in [4.78, 5) is 4.60. The van der Waals surface area contributed by atoms with E-state index in [-0.39, 0.29) is 5.75 Å². The molecule has 0 bridgehead atoms. The lowest BCUT2D eigenvalue weighted by atomic mass is 10.1. The molecule has 0 amide bonds. The summed E-state index contributed by atoms with van der Waals surface area (Å²) in [5, 5.41) is 6.51. The van der Waals surface area contributed by atoms with E-state index < -0.39 is 10.0 Å². The van der Waals surface area contributed by atoms with Gasteiger partial charge < -0.3 is 15.4 Å². The van der Waals surface area contributed by atoms with Crippen LogP contribution in [0.15, 0.2) is 53.5 Å². The molecule has 152 valence electrons. The first kappa shape index (κ1) is 21.7. The van der Waals surface area contributed by atoms with Crippen molar-refractivity contribution in [3.8, 4) is 5.75 Å². The maximum Gasteiger partial charge on any atom is 0.215 e. The lowest BCUT2D eigenvalue weighted by Gasteiger charge is -2.12. The predicted molar refractivity (Wildman–Crippen MR) is 113 cm³/mol. The summed E-state index contributed by atoms with van der Waals surface area (Å²) >= 11 is 0. The summed E-state index contributed by atoms with van der Waals surface area (Å²) in [5.41, 5.74) is 2.88. The van der Waals surface area contributed by atoms with Crippen molar-refractivity contribution in [2.75, 3.05) is 20.7 Å². The summed E-state index contributed by atoms with van der Waals surface area (Å²) in [6, 6.07) is 15.3. The number of hydrogen-bond donors (Lipinski definition) is 3. The van der Waals surface area contributed by atoms with Crippen LogP contribution in [0.2, 0.25) is 0 Å². The molecule has 2 aromatic rings. The first-order valence-electron chi connectivity index (χ1n) is 9.10. The molecule has 0 aliphatic heterocycles. The van der Waals surface area contributed by atoms with Gasteiger partial charge in [-0.15, -0.1) is 0 Å². The van der Waals surface area contributed by atoms with Crippen LogP contribution in [0.4, 0.5) is 0 Å². The zero-order chi connectivity index (χ0) is 20.4. The maximum atomic E-state index is 11.6. The zero-order valence-corrected chi connectivity index (χ0v) is 17.3. The number of sulfonamides is 1. The smallest absolute Gasteiger partial charge is 0.215 e. The summed E-state index contributed by atoms with van der Waals surface area (Å²) in [6.45, 7) is 3.92. The van der Waals surface area contributed by atoms with Crippen molar-refractivity contribution < 1.29 is 13.2 Å². The Labute approximate surface area is 167 Å². The molecular weight excluding hydrogens is 376 g/mol. The van der Waals surface area contributed by atoms with Crippen molar-refractivity contribution in [2.24, 2.45) is 4.99 Å². The highest BCUT2D eigenvalue weighted by Gasteiger charge is 2.08. The topological polar surface area (TPSA) is 91.8 Å². The van der Waals surface area contributed by atoms with Crippen LogP contribution in [0.1, 0.15) is 23.6 Å². The predicted octanol–water partition coefficient (Wildman–Crippen LogP) is 2.00. The molecule has 0 radical (unpaired) electrons. The van der Waals surface area contributed by atoms with Crippen molar-refractivity contribution in [2.45, 2.75) is 25.8 Å². The second kappa shape index (κ2) is 10.7. The van der Waals surface area contributed by atoms with Crippen LogP contribution in [-0.4, -0.2) is 35.1 Å². The molecule has 0 unspecified atom stereocenters. The van der Waals surface area contributed by atoms with E-state index in [1.54, 1.807) is 7.11 Å². The molecule has 7 nitrogen and oxygen atoms in total. The largest absolute Gasteiger partial charge is 0.497 e. The highest BCUT2D eigenvalue weighted by molar-refractivity contribution is 7.88. The maximum absolute atomic E-state index is 11.6. The number of nitrogens with one attached hydrogen (secondary N) is 3. The minimum absolute atomic E-state index is 0.0246. The first-order chi connectivity index (χ1) is 13.5. The lowest BCUT2D eigenvalue weighted by molar-refractivity contribution is 0.414. The van der Waals surface area contributed by atoms with E-state index in [2.05, 4.69) is 20.3 Å². The van der Waals surface area contributed by atoms with Gasteiger partial charge in [0.1, 0.15) is 5.75 Å². The Hall–Kier alpha value is -2.58. The molecule has 0 saturated carbocycles. The van der Waals surface area contributed by atoms with E-state index in [0.29, 0.717) is 13.1 Å². The van der Waals surface area contributed by atoms with E-state index in [1.165, 1.54) is 7.05 Å². The van der Waals surface area contributed by atoms with E-state index >= 15 is 0 Å². The van der Waals surface area contributed by atoms with Crippen molar-refractivity contribution in [3.63, 3.8) is 0 Å². The molecule has 2 aromatic carbocycles. The van der Waals surface area contributed by atoms with Crippen molar-refractivity contribution in [1.29, 1.82) is 0 Å². The molecule has 28 heavy (non-hydrogen) atoms. The van der Waals surface area contributed by atoms with Gasteiger partial charge in [0.2, 0.25) is 10.0 Å². The van der Waals surface area contributed by atoms with Gasteiger partial charge in [-0.1, -0.05) is 36.4 Å². The molecule has 0 saturated heterocycles. The van der Waals surface area contributed by atoms with Crippen LogP contribution in [0.5, 0.6) is 5.75 Å². The number of aliphatic imine (C=N–C) groups is 1. The van der Waals surface area contributed by atoms with Gasteiger partial charge in [0.05, 0.1) is 19.4 Å². The van der Waals surface area contributed by atoms with Crippen molar-refractivity contribution in [3.05, 3.63) is 65.2 Å². The Morgan fingerprint density at radius 3 is 2.14 bits per heavy atom. The third kappa shape index (κ3) is 7.21. The number of hydrogen-bond acceptors (Lipinski definition) is 4. The van der Waals surface area contributed by atoms with Gasteiger partial charge in [-0.25, -0.2) is 18.1 Å². The molecule has 0 fully saturated rings. The molecule has 8 heteroatoms. The Morgan fingerprint density at radius 1 is 0.964 bits per heavy atom. The molecule has 0 spiro atoms. The van der Waals surface area contributed by atoms with Gasteiger partial charge in [0.15, 0.2) is 5.96 Å². The van der Waals surface area contributed by atoms with Crippen LogP contribution in [0, 0.1) is 0 Å². The molecule has 0 heterocycles. The van der Waals surface area contributed by atoms with Crippen molar-refractivity contribution >= 4 is 16.0 Å². The standard InChI is InChI=1S/C20H28N4O3S/c1-4-22-20(24-14-17-9-11-19(27-3)12-10-17)23-13-16-5-7-18(8-6-16)15-28(25,26)21-2/h5-12,21H,4,13-15H2,1-3H3,(H2,22,23,24). The Bertz CT molecular complexity index is 863. The Balaban J connectivity index is 1.94. The number of nitrogens with zero attached hydrogens (tertiary/aromatic N) is 1. The number of guanidine groups is 1. The van der Waals surface area contributed by atoms with Gasteiger partial charge in [0.25, 0.3) is 0 Å². The third-order valence-corrected chi connectivity index (χ3v) is 5.41. The number of ether oxygens (including phenoxy) is 1. The first-order valence-corrected chi connectivity index (χ1v) is 10.7. The fourth-order valence-corrected chi connectivity index (χ4v) is 3.25. The van der Waals surface area contributed by atoms with Crippen LogP contribution in [0.25, 0.3) is 0 Å². The van der Waals surface area contributed by atoms with Crippen molar-refractivity contribution in [1.82, 2.24) is 15.4 Å². The minimum Gasteiger partial charge on any atom is -0.497 e. The normalized spacial score (nSPS) is 11.9. The van der Waals surface area contributed by atoms with Gasteiger partial charge in [-0.05, 0) is 42.8 Å². The Morgan fingerprint density at radius 2 is 1.57 bits per heavy atom. The lowest BCUT2D eigenvalue weighted by Crippen LogP contribution is -2.36. The summed E-state index contributed by atoms with van der Waals surface area (Å²) < 4.78 is 30.7. The molecule has 0 aliphatic carbocycles.